The number of carbonyl (C=O) groups excluding carboxylic acids is 1. The van der Waals surface area contributed by atoms with Crippen LogP contribution in [0.4, 0.5) is 0 Å². The summed E-state index contributed by atoms with van der Waals surface area (Å²) in [5.41, 5.74) is 6.59. The van der Waals surface area contributed by atoms with E-state index in [4.69, 9.17) is 10.5 Å². The van der Waals surface area contributed by atoms with Crippen LogP contribution in [0.25, 0.3) is 0 Å². The maximum atomic E-state index is 11.6. The predicted molar refractivity (Wildman–Crippen MR) is 72.3 cm³/mol. The van der Waals surface area contributed by atoms with Crippen molar-refractivity contribution in [2.24, 2.45) is 5.73 Å². The van der Waals surface area contributed by atoms with Crippen molar-refractivity contribution >= 4 is 5.91 Å². The summed E-state index contributed by atoms with van der Waals surface area (Å²) >= 11 is 0. The number of nitrogens with zero attached hydrogens (tertiary/aromatic N) is 1. The standard InChI is InChI=1S/C14H20N2O2/c1-4-9-18-13-7-5-12(6-8-13)10-16(3)14(17)11(2)15/h4-8,11H,1,9-10,15H2,2-3H3/t11-/m1/s1. The van der Waals surface area contributed by atoms with E-state index in [0.29, 0.717) is 13.2 Å². The van der Waals surface area contributed by atoms with Crippen LogP contribution in [-0.2, 0) is 11.3 Å². The zero-order valence-electron chi connectivity index (χ0n) is 10.9. The maximum absolute atomic E-state index is 11.6. The number of benzene rings is 1. The molecule has 0 fully saturated rings. The summed E-state index contributed by atoms with van der Waals surface area (Å²) in [6.45, 7) is 6.31. The van der Waals surface area contributed by atoms with Gasteiger partial charge in [-0.3, -0.25) is 4.79 Å². The molecule has 0 bridgehead atoms. The Bertz CT molecular complexity index is 399. The van der Waals surface area contributed by atoms with E-state index in [-0.39, 0.29) is 5.91 Å². The van der Waals surface area contributed by atoms with Crippen LogP contribution in [0.1, 0.15) is 12.5 Å². The van der Waals surface area contributed by atoms with E-state index in [0.717, 1.165) is 11.3 Å². The first-order valence-corrected chi connectivity index (χ1v) is 5.87. The zero-order chi connectivity index (χ0) is 13.5. The van der Waals surface area contributed by atoms with Gasteiger partial charge in [-0.25, -0.2) is 0 Å². The molecule has 18 heavy (non-hydrogen) atoms. The van der Waals surface area contributed by atoms with E-state index < -0.39 is 6.04 Å². The molecule has 0 aromatic heterocycles. The van der Waals surface area contributed by atoms with Crippen LogP contribution in [0.15, 0.2) is 36.9 Å². The first-order chi connectivity index (χ1) is 8.54. The van der Waals surface area contributed by atoms with E-state index in [9.17, 15) is 4.79 Å². The number of hydrogen-bond acceptors (Lipinski definition) is 3. The molecule has 4 heteroatoms. The van der Waals surface area contributed by atoms with E-state index >= 15 is 0 Å². The second-order valence-electron chi connectivity index (χ2n) is 4.23. The van der Waals surface area contributed by atoms with Gasteiger partial charge in [0.15, 0.2) is 0 Å². The van der Waals surface area contributed by atoms with Crippen LogP contribution in [-0.4, -0.2) is 30.5 Å². The lowest BCUT2D eigenvalue weighted by Gasteiger charge is -2.19. The van der Waals surface area contributed by atoms with Crippen molar-refractivity contribution in [3.8, 4) is 5.75 Å². The fourth-order valence-corrected chi connectivity index (χ4v) is 1.55. The van der Waals surface area contributed by atoms with Crippen molar-refractivity contribution in [3.05, 3.63) is 42.5 Å². The van der Waals surface area contributed by atoms with Crippen molar-refractivity contribution in [3.63, 3.8) is 0 Å². The molecule has 0 saturated heterocycles. The Morgan fingerprint density at radius 2 is 2.11 bits per heavy atom. The Kier molecular flexibility index (Phi) is 5.39. The molecular weight excluding hydrogens is 228 g/mol. The molecule has 0 aliphatic carbocycles. The molecule has 1 amide bonds. The van der Waals surface area contributed by atoms with Gasteiger partial charge in [0, 0.05) is 13.6 Å². The molecule has 2 N–H and O–H groups in total. The van der Waals surface area contributed by atoms with Crippen LogP contribution in [0.2, 0.25) is 0 Å². The third kappa shape index (κ3) is 4.22. The maximum Gasteiger partial charge on any atom is 0.239 e. The number of rotatable bonds is 6. The average Bonchev–Trinajstić information content (AvgIpc) is 2.36. The lowest BCUT2D eigenvalue weighted by Crippen LogP contribution is -2.39. The minimum atomic E-state index is -0.467. The smallest absolute Gasteiger partial charge is 0.239 e. The molecule has 0 radical (unpaired) electrons. The second kappa shape index (κ2) is 6.81. The molecule has 0 spiro atoms. The van der Waals surface area contributed by atoms with Gasteiger partial charge in [0.25, 0.3) is 0 Å². The summed E-state index contributed by atoms with van der Waals surface area (Å²) in [5, 5.41) is 0. The zero-order valence-corrected chi connectivity index (χ0v) is 10.9. The second-order valence-corrected chi connectivity index (χ2v) is 4.23. The minimum absolute atomic E-state index is 0.0676. The van der Waals surface area contributed by atoms with Crippen LogP contribution in [0.3, 0.4) is 0 Å². The van der Waals surface area contributed by atoms with Crippen LogP contribution >= 0.6 is 0 Å². The number of likely N-dealkylation sites (N-methyl/N-ethyl adjacent to an activating group) is 1. The highest BCUT2D eigenvalue weighted by Crippen LogP contribution is 2.13. The van der Waals surface area contributed by atoms with Gasteiger partial charge in [-0.1, -0.05) is 24.8 Å². The van der Waals surface area contributed by atoms with Crippen molar-refractivity contribution < 1.29 is 9.53 Å². The van der Waals surface area contributed by atoms with Gasteiger partial charge in [-0.2, -0.15) is 0 Å². The van der Waals surface area contributed by atoms with Gasteiger partial charge in [0.2, 0.25) is 5.91 Å². The molecule has 0 heterocycles. The molecule has 0 unspecified atom stereocenters. The van der Waals surface area contributed by atoms with Crippen LogP contribution in [0.5, 0.6) is 5.75 Å². The predicted octanol–water partition coefficient (Wildman–Crippen LogP) is 1.56. The summed E-state index contributed by atoms with van der Waals surface area (Å²) in [4.78, 5) is 13.2. The van der Waals surface area contributed by atoms with E-state index in [1.165, 1.54) is 0 Å². The molecule has 1 aromatic rings. The highest BCUT2D eigenvalue weighted by molar-refractivity contribution is 5.80. The Morgan fingerprint density at radius 3 is 2.61 bits per heavy atom. The van der Waals surface area contributed by atoms with Gasteiger partial charge in [-0.05, 0) is 24.6 Å². The Balaban J connectivity index is 2.58. The van der Waals surface area contributed by atoms with E-state index in [1.807, 2.05) is 24.3 Å². The van der Waals surface area contributed by atoms with E-state index in [2.05, 4.69) is 6.58 Å². The first kappa shape index (κ1) is 14.3. The van der Waals surface area contributed by atoms with Crippen LogP contribution in [0, 0.1) is 0 Å². The molecular formula is C14H20N2O2. The van der Waals surface area contributed by atoms with Gasteiger partial charge >= 0.3 is 0 Å². The van der Waals surface area contributed by atoms with Crippen molar-refractivity contribution in [1.29, 1.82) is 0 Å². The Labute approximate surface area is 108 Å². The monoisotopic (exact) mass is 248 g/mol. The van der Waals surface area contributed by atoms with Gasteiger partial charge < -0.3 is 15.4 Å². The van der Waals surface area contributed by atoms with Gasteiger partial charge in [-0.15, -0.1) is 0 Å². The SMILES string of the molecule is C=CCOc1ccc(CN(C)C(=O)[C@@H](C)N)cc1. The highest BCUT2D eigenvalue weighted by Gasteiger charge is 2.13. The number of carbonyl (C=O) groups is 1. The molecule has 0 aliphatic rings. The molecule has 1 atom stereocenters. The average molecular weight is 248 g/mol. The summed E-state index contributed by atoms with van der Waals surface area (Å²) in [7, 11) is 1.74. The number of hydrogen-bond donors (Lipinski definition) is 1. The molecule has 98 valence electrons. The summed E-state index contributed by atoms with van der Waals surface area (Å²) < 4.78 is 5.38. The minimum Gasteiger partial charge on any atom is -0.490 e. The summed E-state index contributed by atoms with van der Waals surface area (Å²) in [5.74, 6) is 0.724. The Morgan fingerprint density at radius 1 is 1.50 bits per heavy atom. The quantitative estimate of drug-likeness (QED) is 0.777. The first-order valence-electron chi connectivity index (χ1n) is 5.87. The Hall–Kier alpha value is -1.81. The van der Waals surface area contributed by atoms with Crippen molar-refractivity contribution in [1.82, 2.24) is 4.90 Å². The molecule has 0 saturated carbocycles. The van der Waals surface area contributed by atoms with Gasteiger partial charge in [0.1, 0.15) is 12.4 Å². The fraction of sp³-hybridized carbons (Fsp3) is 0.357. The number of nitrogens with two attached hydrogens (primary N) is 1. The lowest BCUT2D eigenvalue weighted by molar-refractivity contribution is -0.131. The molecule has 1 rings (SSSR count). The van der Waals surface area contributed by atoms with E-state index in [1.54, 1.807) is 24.9 Å². The van der Waals surface area contributed by atoms with Crippen LogP contribution < -0.4 is 10.5 Å². The van der Waals surface area contributed by atoms with Gasteiger partial charge in [0.05, 0.1) is 6.04 Å². The molecule has 4 nitrogen and oxygen atoms in total. The number of amides is 1. The van der Waals surface area contributed by atoms with Crippen molar-refractivity contribution in [2.45, 2.75) is 19.5 Å². The molecule has 1 aromatic carbocycles. The van der Waals surface area contributed by atoms with Crippen molar-refractivity contribution in [2.75, 3.05) is 13.7 Å². The summed E-state index contributed by atoms with van der Waals surface area (Å²) in [6.07, 6.45) is 1.70. The fourth-order valence-electron chi connectivity index (χ4n) is 1.55. The lowest BCUT2D eigenvalue weighted by atomic mass is 10.2. The third-order valence-corrected chi connectivity index (χ3v) is 2.48. The largest absolute Gasteiger partial charge is 0.490 e. The molecule has 0 aliphatic heterocycles. The topological polar surface area (TPSA) is 55.6 Å². The number of ether oxygens (including phenoxy) is 1. The normalized spacial score (nSPS) is 11.7. The third-order valence-electron chi connectivity index (χ3n) is 2.48. The summed E-state index contributed by atoms with van der Waals surface area (Å²) in [6, 6.07) is 7.16. The highest BCUT2D eigenvalue weighted by atomic mass is 16.5.